The first-order chi connectivity index (χ1) is 18.3. The van der Waals surface area contributed by atoms with E-state index in [1.807, 2.05) is 0 Å². The Bertz CT molecular complexity index is 1790. The van der Waals surface area contributed by atoms with Crippen molar-refractivity contribution in [1.29, 1.82) is 0 Å². The third-order valence-electron chi connectivity index (χ3n) is 7.79. The molecule has 6 aromatic rings. The molecule has 0 aliphatic heterocycles. The van der Waals surface area contributed by atoms with E-state index in [2.05, 4.69) is 126 Å². The van der Waals surface area contributed by atoms with E-state index < -0.39 is 0 Å². The number of para-hydroxylation sites is 3. The van der Waals surface area contributed by atoms with Crippen LogP contribution in [0.2, 0.25) is 0 Å². The van der Waals surface area contributed by atoms with Gasteiger partial charge in [0, 0.05) is 31.2 Å². The van der Waals surface area contributed by atoms with Crippen molar-refractivity contribution >= 4 is 33.0 Å². The number of furan rings is 1. The van der Waals surface area contributed by atoms with Crippen LogP contribution in [0, 0.1) is 13.0 Å². The maximum Gasteiger partial charge on any atom is 0.121 e. The zero-order valence-corrected chi connectivity index (χ0v) is 26.1. The van der Waals surface area contributed by atoms with Gasteiger partial charge >= 0.3 is 0 Å². The van der Waals surface area contributed by atoms with Gasteiger partial charge in [-0.15, -0.1) is 17.7 Å². The van der Waals surface area contributed by atoms with Crippen molar-refractivity contribution in [3.8, 4) is 17.1 Å². The minimum absolute atomic E-state index is 0. The molecule has 0 saturated heterocycles. The maximum absolute atomic E-state index is 6.67. The molecule has 2 aromatic heterocycles. The first-order valence-corrected chi connectivity index (χ1v) is 13.7. The van der Waals surface area contributed by atoms with Gasteiger partial charge in [-0.25, -0.2) is 0 Å². The van der Waals surface area contributed by atoms with Crippen LogP contribution in [0.1, 0.15) is 81.5 Å². The van der Waals surface area contributed by atoms with Crippen LogP contribution in [0.15, 0.2) is 71.1 Å². The first kappa shape index (κ1) is 27.4. The van der Waals surface area contributed by atoms with Gasteiger partial charge < -0.3 is 8.98 Å². The van der Waals surface area contributed by atoms with Crippen LogP contribution in [0.25, 0.3) is 50.0 Å². The molecule has 0 spiro atoms. The minimum Gasteiger partial charge on any atom is -0.501 e. The fourth-order valence-electron chi connectivity index (χ4n) is 5.71. The monoisotopic (exact) mass is 692 g/mol. The molecule has 0 unspecified atom stereocenters. The average Bonchev–Trinajstić information content (AvgIpc) is 3.47. The van der Waals surface area contributed by atoms with Crippen molar-refractivity contribution in [3.05, 3.63) is 95.1 Å². The standard InChI is InChI=1S/C35H35N2O.Ir/c1-20(2)24-16-18-27-31(19-24)38-34-28(17-15-23(7)32(27)34)35-36-29-13-8-9-14-30(29)37(35)33-25(21(3)4)11-10-12-26(33)22(5)6;/h8-16,18-22H,1-7H3;/q-1;. The molecule has 0 fully saturated rings. The average molecular weight is 692 g/mol. The SMILES string of the molecule is Cc1c[c-]c(-c2nc3ccccc3n2-c2c(C(C)C)cccc2C(C)C)c2oc3cc(C(C)C)ccc3c12.[Ir]. The van der Waals surface area contributed by atoms with Crippen molar-refractivity contribution in [2.75, 3.05) is 0 Å². The van der Waals surface area contributed by atoms with Gasteiger partial charge in [-0.3, -0.25) is 4.98 Å². The number of hydrogen-bond acceptors (Lipinski definition) is 2. The molecule has 0 amide bonds. The fourth-order valence-corrected chi connectivity index (χ4v) is 5.71. The largest absolute Gasteiger partial charge is 0.501 e. The van der Waals surface area contributed by atoms with Gasteiger partial charge in [0.2, 0.25) is 0 Å². The second-order valence-corrected chi connectivity index (χ2v) is 11.4. The number of imidazole rings is 1. The fraction of sp³-hybridized carbons (Fsp3) is 0.286. The number of hydrogen-bond donors (Lipinski definition) is 0. The Morgan fingerprint density at radius 1 is 0.821 bits per heavy atom. The summed E-state index contributed by atoms with van der Waals surface area (Å²) >= 11 is 0. The zero-order chi connectivity index (χ0) is 26.7. The Labute approximate surface area is 244 Å². The van der Waals surface area contributed by atoms with Crippen LogP contribution >= 0.6 is 0 Å². The number of rotatable bonds is 5. The zero-order valence-electron chi connectivity index (χ0n) is 23.7. The van der Waals surface area contributed by atoms with Crippen molar-refractivity contribution in [2.24, 2.45) is 0 Å². The molecule has 201 valence electrons. The van der Waals surface area contributed by atoms with Gasteiger partial charge in [-0.1, -0.05) is 102 Å². The molecule has 0 aliphatic carbocycles. The number of fused-ring (bicyclic) bond motifs is 4. The van der Waals surface area contributed by atoms with Crippen molar-refractivity contribution in [1.82, 2.24) is 9.55 Å². The number of aromatic nitrogens is 2. The number of nitrogens with zero attached hydrogens (tertiary/aromatic N) is 2. The second-order valence-electron chi connectivity index (χ2n) is 11.4. The summed E-state index contributed by atoms with van der Waals surface area (Å²) in [4.78, 5) is 5.23. The molecule has 0 N–H and O–H groups in total. The first-order valence-electron chi connectivity index (χ1n) is 13.7. The quantitative estimate of drug-likeness (QED) is 0.169. The molecule has 4 aromatic carbocycles. The van der Waals surface area contributed by atoms with Gasteiger partial charge in [0.1, 0.15) is 5.58 Å². The Balaban J connectivity index is 0.00000308. The molecule has 0 saturated carbocycles. The molecule has 2 heterocycles. The van der Waals surface area contributed by atoms with Gasteiger partial charge in [0.25, 0.3) is 0 Å². The normalized spacial score (nSPS) is 11.9. The topological polar surface area (TPSA) is 31.0 Å². The van der Waals surface area contributed by atoms with Crippen LogP contribution < -0.4 is 0 Å². The predicted octanol–water partition coefficient (Wildman–Crippen LogP) is 10.1. The van der Waals surface area contributed by atoms with E-state index in [0.29, 0.717) is 17.8 Å². The molecular formula is C35H35IrN2O-. The molecule has 0 aliphatic rings. The molecule has 39 heavy (non-hydrogen) atoms. The molecule has 1 radical (unpaired) electrons. The molecule has 0 bridgehead atoms. The van der Waals surface area contributed by atoms with Gasteiger partial charge in [-0.05, 0) is 52.6 Å². The van der Waals surface area contributed by atoms with E-state index in [9.17, 15) is 0 Å². The minimum atomic E-state index is 0. The summed E-state index contributed by atoms with van der Waals surface area (Å²) in [5, 5.41) is 2.29. The van der Waals surface area contributed by atoms with Crippen molar-refractivity contribution in [2.45, 2.75) is 66.2 Å². The summed E-state index contributed by atoms with van der Waals surface area (Å²) in [6, 6.07) is 27.4. The van der Waals surface area contributed by atoms with Gasteiger partial charge in [0.15, 0.2) is 0 Å². The predicted molar refractivity (Wildman–Crippen MR) is 160 cm³/mol. The molecule has 3 nitrogen and oxygen atoms in total. The summed E-state index contributed by atoms with van der Waals surface area (Å²) < 4.78 is 9.02. The Morgan fingerprint density at radius 3 is 2.18 bits per heavy atom. The van der Waals surface area contributed by atoms with E-state index in [1.165, 1.54) is 22.4 Å². The van der Waals surface area contributed by atoms with Crippen molar-refractivity contribution in [3.63, 3.8) is 0 Å². The Kier molecular flexibility index (Phi) is 7.31. The smallest absolute Gasteiger partial charge is 0.121 e. The van der Waals surface area contributed by atoms with Gasteiger partial charge in [0.05, 0.1) is 22.4 Å². The molecule has 6 rings (SSSR count). The Morgan fingerprint density at radius 2 is 1.51 bits per heavy atom. The summed E-state index contributed by atoms with van der Waals surface area (Å²) in [6.45, 7) is 15.6. The summed E-state index contributed by atoms with van der Waals surface area (Å²) in [5.74, 6) is 2.03. The van der Waals surface area contributed by atoms with E-state index in [-0.39, 0.29) is 20.1 Å². The van der Waals surface area contributed by atoms with E-state index in [4.69, 9.17) is 9.40 Å². The molecule has 4 heteroatoms. The van der Waals surface area contributed by atoms with Crippen LogP contribution in [-0.4, -0.2) is 9.55 Å². The van der Waals surface area contributed by atoms with E-state index in [1.54, 1.807) is 0 Å². The van der Waals surface area contributed by atoms with Crippen molar-refractivity contribution < 1.29 is 24.5 Å². The van der Waals surface area contributed by atoms with E-state index >= 15 is 0 Å². The van der Waals surface area contributed by atoms with Gasteiger partial charge in [-0.2, -0.15) is 0 Å². The number of benzene rings is 4. The summed E-state index contributed by atoms with van der Waals surface area (Å²) in [5.41, 5.74) is 11.0. The van der Waals surface area contributed by atoms with Crippen LogP contribution in [0.3, 0.4) is 0 Å². The molecule has 0 atom stereocenters. The third kappa shape index (κ3) is 4.44. The summed E-state index contributed by atoms with van der Waals surface area (Å²) in [6.07, 6.45) is 0. The van der Waals surface area contributed by atoms with Crippen LogP contribution in [0.5, 0.6) is 0 Å². The Hall–Kier alpha value is -3.20. The summed E-state index contributed by atoms with van der Waals surface area (Å²) in [7, 11) is 0. The van der Waals surface area contributed by atoms with E-state index in [0.717, 1.165) is 49.9 Å². The van der Waals surface area contributed by atoms with Crippen LogP contribution in [0.4, 0.5) is 0 Å². The third-order valence-corrected chi connectivity index (χ3v) is 7.79. The maximum atomic E-state index is 6.67. The van der Waals surface area contributed by atoms with Crippen LogP contribution in [-0.2, 0) is 20.1 Å². The second kappa shape index (κ2) is 10.4. The molecular weight excluding hydrogens is 657 g/mol. The number of aryl methyl sites for hydroxylation is 1.